The molecule has 1 aromatic heterocycles. The van der Waals surface area contributed by atoms with E-state index in [0.717, 1.165) is 0 Å². The average Bonchev–Trinajstić information content (AvgIpc) is 2.28. The van der Waals surface area contributed by atoms with Crippen molar-refractivity contribution in [3.05, 3.63) is 27.9 Å². The second-order valence-corrected chi connectivity index (χ2v) is 4.75. The van der Waals surface area contributed by atoms with Crippen LogP contribution >= 0.6 is 11.8 Å². The number of nitro groups is 1. The molecule has 0 radical (unpaired) electrons. The minimum absolute atomic E-state index is 0.000132. The van der Waals surface area contributed by atoms with Crippen LogP contribution in [0.25, 0.3) is 0 Å². The first-order chi connectivity index (χ1) is 8.10. The summed E-state index contributed by atoms with van der Waals surface area (Å²) in [7, 11) is 0. The van der Waals surface area contributed by atoms with Crippen LogP contribution in [-0.4, -0.2) is 26.9 Å². The molecule has 0 fully saturated rings. The van der Waals surface area contributed by atoms with Gasteiger partial charge in [-0.15, -0.1) is 0 Å². The Morgan fingerprint density at radius 2 is 2.47 bits per heavy atom. The number of hydrogen-bond donors (Lipinski definition) is 1. The van der Waals surface area contributed by atoms with E-state index in [2.05, 4.69) is 4.98 Å². The van der Waals surface area contributed by atoms with Gasteiger partial charge in [-0.2, -0.15) is 5.26 Å². The summed E-state index contributed by atoms with van der Waals surface area (Å²) in [6.07, 6.45) is 1.89. The summed E-state index contributed by atoms with van der Waals surface area (Å²) in [5.74, 6) is 0. The van der Waals surface area contributed by atoms with Gasteiger partial charge < -0.3 is 5.11 Å². The van der Waals surface area contributed by atoms with Crippen LogP contribution in [-0.2, 0) is 0 Å². The standard InChI is InChI=1S/C10H11N3O3S/c1-7(3-5-14)17-10-9(13(15)16)8(6-11)2-4-12-10/h2,4,7,14H,3,5H2,1H3. The highest BCUT2D eigenvalue weighted by Gasteiger charge is 2.22. The summed E-state index contributed by atoms with van der Waals surface area (Å²) >= 11 is 1.19. The van der Waals surface area contributed by atoms with Crippen molar-refractivity contribution in [2.75, 3.05) is 6.61 Å². The maximum atomic E-state index is 10.9. The molecule has 90 valence electrons. The number of rotatable bonds is 5. The van der Waals surface area contributed by atoms with Crippen molar-refractivity contribution in [1.82, 2.24) is 4.98 Å². The van der Waals surface area contributed by atoms with Crippen LogP contribution in [0, 0.1) is 21.4 Å². The van der Waals surface area contributed by atoms with Crippen LogP contribution < -0.4 is 0 Å². The average molecular weight is 253 g/mol. The van der Waals surface area contributed by atoms with Gasteiger partial charge in [-0.25, -0.2) is 4.98 Å². The minimum atomic E-state index is -0.598. The van der Waals surface area contributed by atoms with Crippen LogP contribution in [0.1, 0.15) is 18.9 Å². The molecule has 1 heterocycles. The van der Waals surface area contributed by atoms with Gasteiger partial charge in [0, 0.05) is 18.1 Å². The molecule has 6 nitrogen and oxygen atoms in total. The quantitative estimate of drug-likeness (QED) is 0.487. The van der Waals surface area contributed by atoms with Crippen LogP contribution in [0.2, 0.25) is 0 Å². The second kappa shape index (κ2) is 6.18. The van der Waals surface area contributed by atoms with Crippen molar-refractivity contribution in [2.45, 2.75) is 23.6 Å². The molecule has 0 aliphatic rings. The molecule has 1 aromatic rings. The van der Waals surface area contributed by atoms with Gasteiger partial charge in [0.05, 0.1) is 4.92 Å². The van der Waals surface area contributed by atoms with Crippen LogP contribution in [0.15, 0.2) is 17.3 Å². The third-order valence-corrected chi connectivity index (χ3v) is 3.20. The van der Waals surface area contributed by atoms with Crippen molar-refractivity contribution < 1.29 is 10.0 Å². The van der Waals surface area contributed by atoms with E-state index in [1.54, 1.807) is 6.07 Å². The highest BCUT2D eigenvalue weighted by atomic mass is 32.2. The molecule has 0 aromatic carbocycles. The molecule has 0 aliphatic heterocycles. The number of thioether (sulfide) groups is 1. The van der Waals surface area contributed by atoms with Crippen molar-refractivity contribution in [3.8, 4) is 6.07 Å². The maximum Gasteiger partial charge on any atom is 0.318 e. The Labute approximate surface area is 102 Å². The van der Waals surface area contributed by atoms with Gasteiger partial charge in [0.1, 0.15) is 11.6 Å². The summed E-state index contributed by atoms with van der Waals surface area (Å²) in [4.78, 5) is 14.2. The van der Waals surface area contributed by atoms with E-state index >= 15 is 0 Å². The van der Waals surface area contributed by atoms with Crippen molar-refractivity contribution >= 4 is 17.4 Å². The fourth-order valence-electron chi connectivity index (χ4n) is 1.22. The molecule has 0 saturated carbocycles. The highest BCUT2D eigenvalue weighted by Crippen LogP contribution is 2.33. The van der Waals surface area contributed by atoms with Gasteiger partial charge in [-0.1, -0.05) is 18.7 Å². The van der Waals surface area contributed by atoms with Gasteiger partial charge in [0.25, 0.3) is 0 Å². The zero-order valence-electron chi connectivity index (χ0n) is 9.16. The van der Waals surface area contributed by atoms with Crippen LogP contribution in [0.4, 0.5) is 5.69 Å². The number of hydrogen-bond acceptors (Lipinski definition) is 6. The molecule has 0 bridgehead atoms. The Balaban J connectivity index is 3.07. The van der Waals surface area contributed by atoms with Crippen molar-refractivity contribution in [1.29, 1.82) is 5.26 Å². The maximum absolute atomic E-state index is 10.9. The molecule has 1 N–H and O–H groups in total. The lowest BCUT2D eigenvalue weighted by atomic mass is 10.2. The minimum Gasteiger partial charge on any atom is -0.396 e. The van der Waals surface area contributed by atoms with Gasteiger partial charge in [-0.3, -0.25) is 10.1 Å². The summed E-state index contributed by atoms with van der Waals surface area (Å²) in [6.45, 7) is 1.85. The number of nitrogens with zero attached hydrogens (tertiary/aromatic N) is 3. The molecule has 0 spiro atoms. The normalized spacial score (nSPS) is 11.8. The van der Waals surface area contributed by atoms with E-state index in [4.69, 9.17) is 10.4 Å². The molecule has 1 rings (SSSR count). The second-order valence-electron chi connectivity index (χ2n) is 3.32. The largest absolute Gasteiger partial charge is 0.396 e. The van der Waals surface area contributed by atoms with Gasteiger partial charge >= 0.3 is 5.69 Å². The van der Waals surface area contributed by atoms with Gasteiger partial charge in [0.15, 0.2) is 5.03 Å². The number of nitriles is 1. The molecular formula is C10H11N3O3S. The third kappa shape index (κ3) is 3.41. The lowest BCUT2D eigenvalue weighted by Gasteiger charge is -2.08. The number of pyridine rings is 1. The summed E-state index contributed by atoms with van der Waals surface area (Å²) in [6, 6.07) is 3.10. The Morgan fingerprint density at radius 1 is 1.76 bits per heavy atom. The molecule has 1 unspecified atom stereocenters. The Bertz CT molecular complexity index is 459. The molecule has 1 atom stereocenters. The molecule has 0 saturated heterocycles. The topological polar surface area (TPSA) is 100 Å². The van der Waals surface area contributed by atoms with E-state index in [-0.39, 0.29) is 28.1 Å². The van der Waals surface area contributed by atoms with Crippen LogP contribution in [0.5, 0.6) is 0 Å². The van der Waals surface area contributed by atoms with Gasteiger partial charge in [-0.05, 0) is 12.5 Å². The molecule has 7 heteroatoms. The van der Waals surface area contributed by atoms with E-state index in [1.165, 1.54) is 24.0 Å². The summed E-state index contributed by atoms with van der Waals surface area (Å²) in [5.41, 5.74) is -0.256. The predicted molar refractivity (Wildman–Crippen MR) is 62.6 cm³/mol. The van der Waals surface area contributed by atoms with Crippen molar-refractivity contribution in [2.24, 2.45) is 0 Å². The van der Waals surface area contributed by atoms with E-state index in [1.807, 2.05) is 6.92 Å². The molecule has 0 aliphatic carbocycles. The number of aliphatic hydroxyl groups is 1. The Hall–Kier alpha value is -1.65. The lowest BCUT2D eigenvalue weighted by molar-refractivity contribution is -0.388. The van der Waals surface area contributed by atoms with E-state index < -0.39 is 4.92 Å². The first-order valence-electron chi connectivity index (χ1n) is 4.91. The number of aliphatic hydroxyl groups excluding tert-OH is 1. The fourth-order valence-corrected chi connectivity index (χ4v) is 2.24. The monoisotopic (exact) mass is 253 g/mol. The van der Waals surface area contributed by atoms with E-state index in [0.29, 0.717) is 6.42 Å². The first-order valence-corrected chi connectivity index (χ1v) is 5.79. The SMILES string of the molecule is CC(CCO)Sc1nccc(C#N)c1[N+](=O)[O-]. The van der Waals surface area contributed by atoms with Crippen LogP contribution in [0.3, 0.4) is 0 Å². The smallest absolute Gasteiger partial charge is 0.318 e. The lowest BCUT2D eigenvalue weighted by Crippen LogP contribution is -2.03. The first kappa shape index (κ1) is 13.4. The molecule has 0 amide bonds. The number of aromatic nitrogens is 1. The third-order valence-electron chi connectivity index (χ3n) is 2.04. The fraction of sp³-hybridized carbons (Fsp3) is 0.400. The Morgan fingerprint density at radius 3 is 3.00 bits per heavy atom. The zero-order chi connectivity index (χ0) is 12.8. The Kier molecular flexibility index (Phi) is 4.87. The summed E-state index contributed by atoms with van der Waals surface area (Å²) < 4.78 is 0. The molecule has 17 heavy (non-hydrogen) atoms. The molecular weight excluding hydrogens is 242 g/mol. The predicted octanol–water partition coefficient (Wildman–Crippen LogP) is 1.72. The highest BCUT2D eigenvalue weighted by molar-refractivity contribution is 8.00. The van der Waals surface area contributed by atoms with Gasteiger partial charge in [0.2, 0.25) is 0 Å². The summed E-state index contributed by atoms with van der Waals surface area (Å²) in [5, 5.41) is 28.7. The van der Waals surface area contributed by atoms with E-state index in [9.17, 15) is 10.1 Å². The van der Waals surface area contributed by atoms with Crippen molar-refractivity contribution in [3.63, 3.8) is 0 Å². The zero-order valence-corrected chi connectivity index (χ0v) is 9.98.